The molecule has 0 spiro atoms. The molecular weight excluding hydrogens is 405 g/mol. The van der Waals surface area contributed by atoms with E-state index < -0.39 is 24.7 Å². The Bertz CT molecular complexity index is 758. The van der Waals surface area contributed by atoms with Crippen molar-refractivity contribution in [2.24, 2.45) is 0 Å². The van der Waals surface area contributed by atoms with Crippen molar-refractivity contribution in [1.29, 1.82) is 0 Å². The van der Waals surface area contributed by atoms with E-state index in [1.165, 1.54) is 0 Å². The fourth-order valence-electron chi connectivity index (χ4n) is 3.24. The van der Waals surface area contributed by atoms with E-state index >= 15 is 0 Å². The number of rotatable bonds is 13. The van der Waals surface area contributed by atoms with Crippen molar-refractivity contribution in [1.82, 2.24) is 0 Å². The first kappa shape index (κ1) is 24.8. The van der Waals surface area contributed by atoms with Crippen LogP contribution >= 0.6 is 0 Å². The monoisotopic (exact) mass is 436 g/mol. The number of alkyl halides is 3. The lowest BCUT2D eigenvalue weighted by atomic mass is 10.0. The first-order chi connectivity index (χ1) is 14.9. The first-order valence-electron chi connectivity index (χ1n) is 10.9. The minimum absolute atomic E-state index is 0.0402. The molecule has 0 saturated heterocycles. The van der Waals surface area contributed by atoms with E-state index in [4.69, 9.17) is 9.47 Å². The Labute approximate surface area is 182 Å². The maximum Gasteiger partial charge on any atom is 0.389 e. The highest BCUT2D eigenvalue weighted by Crippen LogP contribution is 2.25. The molecule has 0 aliphatic carbocycles. The lowest BCUT2D eigenvalue weighted by Crippen LogP contribution is -2.19. The van der Waals surface area contributed by atoms with Crippen LogP contribution in [-0.2, 0) is 11.3 Å². The summed E-state index contributed by atoms with van der Waals surface area (Å²) in [6, 6.07) is 16.4. The Morgan fingerprint density at radius 3 is 2.23 bits per heavy atom. The van der Waals surface area contributed by atoms with Gasteiger partial charge in [-0.1, -0.05) is 56.5 Å². The van der Waals surface area contributed by atoms with Crippen molar-refractivity contribution < 1.29 is 27.4 Å². The van der Waals surface area contributed by atoms with Gasteiger partial charge in [0.05, 0.1) is 5.56 Å². The van der Waals surface area contributed by atoms with Gasteiger partial charge < -0.3 is 9.47 Å². The van der Waals surface area contributed by atoms with E-state index in [1.807, 2.05) is 30.3 Å². The third-order valence-electron chi connectivity index (χ3n) is 4.98. The topological polar surface area (TPSA) is 35.5 Å². The summed E-state index contributed by atoms with van der Waals surface area (Å²) in [7, 11) is 0. The van der Waals surface area contributed by atoms with Crippen molar-refractivity contribution in [2.75, 3.05) is 0 Å². The second-order valence-corrected chi connectivity index (χ2v) is 7.68. The summed E-state index contributed by atoms with van der Waals surface area (Å²) in [5, 5.41) is 0. The minimum Gasteiger partial charge on any atom is -0.489 e. The summed E-state index contributed by atoms with van der Waals surface area (Å²) in [5.41, 5.74) is 1.40. The van der Waals surface area contributed by atoms with E-state index in [1.54, 1.807) is 24.3 Å². The number of hydrogen-bond acceptors (Lipinski definition) is 3. The van der Waals surface area contributed by atoms with Gasteiger partial charge in [-0.2, -0.15) is 13.2 Å². The minimum atomic E-state index is -4.19. The molecule has 0 radical (unpaired) electrons. The molecule has 0 unspecified atom stereocenters. The molecule has 0 fully saturated rings. The fraction of sp³-hybridized carbons (Fsp3) is 0.480. The average Bonchev–Trinajstić information content (AvgIpc) is 2.75. The predicted octanol–water partition coefficient (Wildman–Crippen LogP) is 7.49. The van der Waals surface area contributed by atoms with Crippen LogP contribution in [0.3, 0.4) is 0 Å². The molecule has 2 aromatic rings. The van der Waals surface area contributed by atoms with E-state index in [0.717, 1.165) is 31.2 Å². The van der Waals surface area contributed by atoms with Gasteiger partial charge in [0, 0.05) is 6.42 Å². The van der Waals surface area contributed by atoms with Crippen molar-refractivity contribution >= 4 is 5.97 Å². The smallest absolute Gasteiger partial charge is 0.389 e. The van der Waals surface area contributed by atoms with Crippen molar-refractivity contribution in [2.45, 2.75) is 77.2 Å². The Morgan fingerprint density at radius 1 is 0.903 bits per heavy atom. The summed E-state index contributed by atoms with van der Waals surface area (Å²) in [6.45, 7) is 2.51. The summed E-state index contributed by atoms with van der Waals surface area (Å²) >= 11 is 0. The molecule has 0 heterocycles. The molecule has 0 saturated carbocycles. The third-order valence-corrected chi connectivity index (χ3v) is 4.98. The average molecular weight is 437 g/mol. The van der Waals surface area contributed by atoms with Gasteiger partial charge in [0.15, 0.2) is 0 Å². The Kier molecular flexibility index (Phi) is 10.4. The largest absolute Gasteiger partial charge is 0.489 e. The maximum absolute atomic E-state index is 12.5. The Hall–Kier alpha value is -2.50. The summed E-state index contributed by atoms with van der Waals surface area (Å²) in [5.74, 6) is 0.115. The molecule has 0 amide bonds. The van der Waals surface area contributed by atoms with Gasteiger partial charge in [-0.05, 0) is 55.5 Å². The molecule has 6 heteroatoms. The zero-order chi connectivity index (χ0) is 22.5. The maximum atomic E-state index is 12.5. The number of carbonyl (C=O) groups excluding carboxylic acids is 1. The standard InChI is InChI=1S/C25H31F3O3/c1-2-3-4-8-12-23(13-9-18-25(26,27)28)31-24(29)21-14-16-22(17-15-21)30-19-20-10-6-5-7-11-20/h5-7,10-11,14-17,23H,2-4,8-9,12-13,18-19H2,1H3/t23-/m1/s1. The highest BCUT2D eigenvalue weighted by molar-refractivity contribution is 5.89. The van der Waals surface area contributed by atoms with Gasteiger partial charge in [0.2, 0.25) is 0 Å². The molecule has 0 aliphatic rings. The summed E-state index contributed by atoms with van der Waals surface area (Å²) < 4.78 is 48.7. The van der Waals surface area contributed by atoms with Crippen LogP contribution in [-0.4, -0.2) is 18.2 Å². The second kappa shape index (κ2) is 13.0. The second-order valence-electron chi connectivity index (χ2n) is 7.68. The Morgan fingerprint density at radius 2 is 1.58 bits per heavy atom. The number of benzene rings is 2. The zero-order valence-corrected chi connectivity index (χ0v) is 18.0. The van der Waals surface area contributed by atoms with Gasteiger partial charge in [0.1, 0.15) is 18.5 Å². The molecule has 2 aromatic carbocycles. The number of carbonyl (C=O) groups is 1. The number of unbranched alkanes of at least 4 members (excludes halogenated alkanes) is 3. The first-order valence-corrected chi connectivity index (χ1v) is 10.9. The lowest BCUT2D eigenvalue weighted by Gasteiger charge is -2.18. The highest BCUT2D eigenvalue weighted by Gasteiger charge is 2.27. The van der Waals surface area contributed by atoms with Gasteiger partial charge in [-0.15, -0.1) is 0 Å². The van der Waals surface area contributed by atoms with Crippen molar-refractivity contribution in [3.05, 3.63) is 65.7 Å². The zero-order valence-electron chi connectivity index (χ0n) is 18.0. The lowest BCUT2D eigenvalue weighted by molar-refractivity contribution is -0.136. The molecule has 0 N–H and O–H groups in total. The van der Waals surface area contributed by atoms with Gasteiger partial charge in [-0.3, -0.25) is 0 Å². The normalized spacial score (nSPS) is 12.4. The van der Waals surface area contributed by atoms with Gasteiger partial charge in [0.25, 0.3) is 0 Å². The molecule has 31 heavy (non-hydrogen) atoms. The van der Waals surface area contributed by atoms with E-state index in [0.29, 0.717) is 24.3 Å². The molecule has 2 rings (SSSR count). The number of esters is 1. The number of halogens is 3. The number of hydrogen-bond donors (Lipinski definition) is 0. The third kappa shape index (κ3) is 10.4. The molecule has 3 nitrogen and oxygen atoms in total. The van der Waals surface area contributed by atoms with Crippen LogP contribution in [0, 0.1) is 0 Å². The SMILES string of the molecule is CCCCCC[C@H](CCCC(F)(F)F)OC(=O)c1ccc(OCc2ccccc2)cc1. The number of ether oxygens (including phenoxy) is 2. The van der Waals surface area contributed by atoms with Crippen LogP contribution in [0.2, 0.25) is 0 Å². The van der Waals surface area contributed by atoms with E-state index in [-0.39, 0.29) is 12.8 Å². The summed E-state index contributed by atoms with van der Waals surface area (Å²) in [4.78, 5) is 12.5. The van der Waals surface area contributed by atoms with Crippen LogP contribution in [0.4, 0.5) is 13.2 Å². The molecular formula is C25H31F3O3. The molecule has 170 valence electrons. The van der Waals surface area contributed by atoms with E-state index in [2.05, 4.69) is 6.92 Å². The quantitative estimate of drug-likeness (QED) is 0.241. The predicted molar refractivity (Wildman–Crippen MR) is 115 cm³/mol. The van der Waals surface area contributed by atoms with Crippen LogP contribution < -0.4 is 4.74 Å². The van der Waals surface area contributed by atoms with E-state index in [9.17, 15) is 18.0 Å². The highest BCUT2D eigenvalue weighted by atomic mass is 19.4. The van der Waals surface area contributed by atoms with Gasteiger partial charge in [-0.25, -0.2) is 4.79 Å². The molecule has 0 aromatic heterocycles. The van der Waals surface area contributed by atoms with Crippen LogP contribution in [0.1, 0.15) is 74.2 Å². The fourth-order valence-corrected chi connectivity index (χ4v) is 3.24. The Balaban J connectivity index is 1.87. The van der Waals surface area contributed by atoms with Crippen LogP contribution in [0.25, 0.3) is 0 Å². The van der Waals surface area contributed by atoms with Crippen molar-refractivity contribution in [3.8, 4) is 5.75 Å². The van der Waals surface area contributed by atoms with Crippen LogP contribution in [0.15, 0.2) is 54.6 Å². The van der Waals surface area contributed by atoms with Gasteiger partial charge >= 0.3 is 12.1 Å². The molecule has 0 bridgehead atoms. The molecule has 1 atom stereocenters. The molecule has 0 aliphatic heterocycles. The van der Waals surface area contributed by atoms with Crippen molar-refractivity contribution in [3.63, 3.8) is 0 Å². The summed E-state index contributed by atoms with van der Waals surface area (Å²) in [6.07, 6.45) is -0.832. The van der Waals surface area contributed by atoms with Crippen LogP contribution in [0.5, 0.6) is 5.75 Å².